The van der Waals surface area contributed by atoms with Crippen molar-refractivity contribution < 1.29 is 14.2 Å². The molecule has 1 atom stereocenters. The summed E-state index contributed by atoms with van der Waals surface area (Å²) in [5, 5.41) is 3.58. The van der Waals surface area contributed by atoms with E-state index in [1.54, 1.807) is 7.11 Å². The fourth-order valence-electron chi connectivity index (χ4n) is 2.05. The molecule has 108 valence electrons. The Kier molecular flexibility index (Phi) is 7.15. The Morgan fingerprint density at radius 3 is 2.56 bits per heavy atom. The molecular weight excluding hydrogens is 230 g/mol. The predicted octanol–water partition coefficient (Wildman–Crippen LogP) is 2.32. The Labute approximate surface area is 111 Å². The van der Waals surface area contributed by atoms with E-state index in [-0.39, 0.29) is 11.9 Å². The average Bonchev–Trinajstić information content (AvgIpc) is 2.85. The molecule has 4 heteroatoms. The molecule has 0 bridgehead atoms. The van der Waals surface area contributed by atoms with Gasteiger partial charge in [0, 0.05) is 19.6 Å². The largest absolute Gasteiger partial charge is 0.379 e. The van der Waals surface area contributed by atoms with Crippen LogP contribution in [0.4, 0.5) is 0 Å². The van der Waals surface area contributed by atoms with Crippen LogP contribution >= 0.6 is 0 Å². The smallest absolute Gasteiger partial charge is 0.159 e. The molecule has 1 heterocycles. The van der Waals surface area contributed by atoms with E-state index >= 15 is 0 Å². The first-order chi connectivity index (χ1) is 8.57. The summed E-state index contributed by atoms with van der Waals surface area (Å²) in [4.78, 5) is 0. The van der Waals surface area contributed by atoms with Crippen LogP contribution in [0.3, 0.4) is 0 Å². The highest BCUT2D eigenvalue weighted by Crippen LogP contribution is 2.20. The molecule has 0 saturated carbocycles. The van der Waals surface area contributed by atoms with Crippen molar-refractivity contribution >= 4 is 0 Å². The molecule has 1 unspecified atom stereocenters. The first-order valence-corrected chi connectivity index (χ1v) is 7.09. The summed E-state index contributed by atoms with van der Waals surface area (Å²) in [6, 6.07) is 0.447. The SMILES string of the molecule is CCCNC(CCC(C)(C)OC)CC1OCCO1. The van der Waals surface area contributed by atoms with Crippen molar-refractivity contribution in [1.29, 1.82) is 0 Å². The maximum absolute atomic E-state index is 5.53. The molecule has 1 aliphatic rings. The summed E-state index contributed by atoms with van der Waals surface area (Å²) in [5.74, 6) is 0. The van der Waals surface area contributed by atoms with Crippen molar-refractivity contribution in [2.75, 3.05) is 26.9 Å². The fraction of sp³-hybridized carbons (Fsp3) is 1.00. The molecule has 1 N–H and O–H groups in total. The zero-order valence-electron chi connectivity index (χ0n) is 12.3. The minimum Gasteiger partial charge on any atom is -0.379 e. The molecule has 0 radical (unpaired) electrons. The first-order valence-electron chi connectivity index (χ1n) is 7.09. The molecule has 0 aromatic carbocycles. The van der Waals surface area contributed by atoms with Crippen LogP contribution in [0.25, 0.3) is 0 Å². The molecule has 0 aromatic rings. The van der Waals surface area contributed by atoms with Gasteiger partial charge in [-0.3, -0.25) is 0 Å². The molecular formula is C14H29NO3. The zero-order valence-corrected chi connectivity index (χ0v) is 12.3. The van der Waals surface area contributed by atoms with Crippen LogP contribution in [0.15, 0.2) is 0 Å². The van der Waals surface area contributed by atoms with Gasteiger partial charge in [-0.15, -0.1) is 0 Å². The van der Waals surface area contributed by atoms with Gasteiger partial charge in [0.1, 0.15) is 0 Å². The molecule has 1 saturated heterocycles. The number of rotatable bonds is 9. The van der Waals surface area contributed by atoms with Crippen molar-refractivity contribution in [3.05, 3.63) is 0 Å². The van der Waals surface area contributed by atoms with Gasteiger partial charge >= 0.3 is 0 Å². The number of hydrogen-bond acceptors (Lipinski definition) is 4. The lowest BCUT2D eigenvalue weighted by atomic mass is 9.97. The lowest BCUT2D eigenvalue weighted by Gasteiger charge is -2.27. The third kappa shape index (κ3) is 6.14. The molecule has 0 aromatic heterocycles. The van der Waals surface area contributed by atoms with Crippen LogP contribution in [0.5, 0.6) is 0 Å². The molecule has 4 nitrogen and oxygen atoms in total. The van der Waals surface area contributed by atoms with E-state index in [2.05, 4.69) is 26.1 Å². The highest BCUT2D eigenvalue weighted by Gasteiger charge is 2.24. The van der Waals surface area contributed by atoms with Gasteiger partial charge < -0.3 is 19.5 Å². The van der Waals surface area contributed by atoms with Gasteiger partial charge in [-0.2, -0.15) is 0 Å². The molecule has 18 heavy (non-hydrogen) atoms. The Hall–Kier alpha value is -0.160. The Bertz CT molecular complexity index is 215. The van der Waals surface area contributed by atoms with E-state index in [0.29, 0.717) is 6.04 Å². The van der Waals surface area contributed by atoms with Gasteiger partial charge in [-0.1, -0.05) is 6.92 Å². The maximum Gasteiger partial charge on any atom is 0.159 e. The van der Waals surface area contributed by atoms with E-state index < -0.39 is 0 Å². The van der Waals surface area contributed by atoms with Gasteiger partial charge in [-0.25, -0.2) is 0 Å². The van der Waals surface area contributed by atoms with Gasteiger partial charge in [0.15, 0.2) is 6.29 Å². The van der Waals surface area contributed by atoms with E-state index in [4.69, 9.17) is 14.2 Å². The van der Waals surface area contributed by atoms with Gasteiger partial charge in [0.05, 0.1) is 18.8 Å². The van der Waals surface area contributed by atoms with E-state index in [0.717, 1.165) is 45.4 Å². The van der Waals surface area contributed by atoms with Crippen molar-refractivity contribution in [2.45, 2.75) is 64.4 Å². The maximum atomic E-state index is 5.53. The third-order valence-corrected chi connectivity index (χ3v) is 3.50. The van der Waals surface area contributed by atoms with E-state index in [9.17, 15) is 0 Å². The second-order valence-corrected chi connectivity index (χ2v) is 5.56. The third-order valence-electron chi connectivity index (χ3n) is 3.50. The van der Waals surface area contributed by atoms with Crippen LogP contribution in [0.2, 0.25) is 0 Å². The second kappa shape index (κ2) is 8.10. The number of nitrogens with one attached hydrogen (secondary N) is 1. The molecule has 0 aliphatic carbocycles. The Morgan fingerprint density at radius 2 is 2.00 bits per heavy atom. The van der Waals surface area contributed by atoms with Crippen molar-refractivity contribution in [3.63, 3.8) is 0 Å². The molecule has 0 amide bonds. The van der Waals surface area contributed by atoms with E-state index in [1.807, 2.05) is 0 Å². The quantitative estimate of drug-likeness (QED) is 0.690. The zero-order chi connectivity index (χ0) is 13.4. The normalized spacial score (nSPS) is 19.3. The average molecular weight is 259 g/mol. The van der Waals surface area contributed by atoms with Crippen LogP contribution in [0.1, 0.15) is 46.5 Å². The molecule has 1 aliphatic heterocycles. The van der Waals surface area contributed by atoms with Crippen LogP contribution < -0.4 is 5.32 Å². The summed E-state index contributed by atoms with van der Waals surface area (Å²) in [6.45, 7) is 8.96. The highest BCUT2D eigenvalue weighted by molar-refractivity contribution is 4.76. The summed E-state index contributed by atoms with van der Waals surface area (Å²) in [7, 11) is 1.78. The summed E-state index contributed by atoms with van der Waals surface area (Å²) in [6.07, 6.45) is 4.18. The van der Waals surface area contributed by atoms with Crippen LogP contribution in [-0.2, 0) is 14.2 Å². The number of hydrogen-bond donors (Lipinski definition) is 1. The molecule has 1 rings (SSSR count). The van der Waals surface area contributed by atoms with Gasteiger partial charge in [0.2, 0.25) is 0 Å². The Morgan fingerprint density at radius 1 is 1.33 bits per heavy atom. The standard InChI is InChI=1S/C14H29NO3/c1-5-8-15-12(6-7-14(2,3)16-4)11-13-17-9-10-18-13/h12-13,15H,5-11H2,1-4H3. The van der Waals surface area contributed by atoms with Crippen molar-refractivity contribution in [2.24, 2.45) is 0 Å². The summed E-state index contributed by atoms with van der Waals surface area (Å²) < 4.78 is 16.5. The van der Waals surface area contributed by atoms with Gasteiger partial charge in [-0.05, 0) is 39.7 Å². The van der Waals surface area contributed by atoms with Crippen molar-refractivity contribution in [3.8, 4) is 0 Å². The highest BCUT2D eigenvalue weighted by atomic mass is 16.7. The monoisotopic (exact) mass is 259 g/mol. The second-order valence-electron chi connectivity index (χ2n) is 5.56. The first kappa shape index (κ1) is 15.9. The Balaban J connectivity index is 2.34. The lowest BCUT2D eigenvalue weighted by molar-refractivity contribution is -0.0554. The number of ether oxygens (including phenoxy) is 3. The minimum absolute atomic E-state index is 0.0231. The summed E-state index contributed by atoms with van der Waals surface area (Å²) >= 11 is 0. The van der Waals surface area contributed by atoms with E-state index in [1.165, 1.54) is 0 Å². The topological polar surface area (TPSA) is 39.7 Å². The predicted molar refractivity (Wildman–Crippen MR) is 72.7 cm³/mol. The van der Waals surface area contributed by atoms with Crippen molar-refractivity contribution in [1.82, 2.24) is 5.32 Å². The minimum atomic E-state index is -0.0520. The molecule has 1 fully saturated rings. The summed E-state index contributed by atoms with van der Waals surface area (Å²) in [5.41, 5.74) is -0.0520. The van der Waals surface area contributed by atoms with Crippen LogP contribution in [-0.4, -0.2) is 44.8 Å². The van der Waals surface area contributed by atoms with Gasteiger partial charge in [0.25, 0.3) is 0 Å². The lowest BCUT2D eigenvalue weighted by Crippen LogP contribution is -2.36. The molecule has 0 spiro atoms. The number of methoxy groups -OCH3 is 1. The fourth-order valence-corrected chi connectivity index (χ4v) is 2.05. The van der Waals surface area contributed by atoms with Crippen LogP contribution in [0, 0.1) is 0 Å².